The van der Waals surface area contributed by atoms with Crippen LogP contribution in [0.1, 0.15) is 24.0 Å². The lowest BCUT2D eigenvalue weighted by molar-refractivity contribution is 0.568. The molecule has 4 rings (SSSR count). The number of nitriles is 1. The van der Waals surface area contributed by atoms with Gasteiger partial charge < -0.3 is 0 Å². The van der Waals surface area contributed by atoms with Crippen molar-refractivity contribution in [2.75, 3.05) is 0 Å². The summed E-state index contributed by atoms with van der Waals surface area (Å²) in [6.45, 7) is 4.01. The van der Waals surface area contributed by atoms with Gasteiger partial charge in [-0.25, -0.2) is 9.66 Å². The molecule has 0 bridgehead atoms. The average molecular weight is 302 g/mol. The van der Waals surface area contributed by atoms with Gasteiger partial charge in [0.1, 0.15) is 16.9 Å². The molecule has 0 spiro atoms. The van der Waals surface area contributed by atoms with Gasteiger partial charge in [-0.1, -0.05) is 6.92 Å². The van der Waals surface area contributed by atoms with Gasteiger partial charge in [0.2, 0.25) is 0 Å². The SMILES string of the molecule is CCc1ccn(-n2c(C)nc3cnc4ccc(C#N)cc4c32)n1. The van der Waals surface area contributed by atoms with Crippen LogP contribution in [0.15, 0.2) is 36.7 Å². The Balaban J connectivity index is 2.12. The van der Waals surface area contributed by atoms with Crippen molar-refractivity contribution in [3.63, 3.8) is 0 Å². The molecule has 0 fully saturated rings. The van der Waals surface area contributed by atoms with Gasteiger partial charge in [-0.3, -0.25) is 4.98 Å². The number of imidazole rings is 1. The fraction of sp³-hybridized carbons (Fsp3) is 0.176. The second kappa shape index (κ2) is 4.92. The van der Waals surface area contributed by atoms with Crippen LogP contribution < -0.4 is 0 Å². The third-order valence-corrected chi connectivity index (χ3v) is 3.95. The quantitative estimate of drug-likeness (QED) is 0.571. The number of hydrogen-bond donors (Lipinski definition) is 0. The predicted molar refractivity (Wildman–Crippen MR) is 86.9 cm³/mol. The number of pyridine rings is 1. The standard InChI is InChI=1S/C17H14N6/c1-3-13-6-7-22(21-13)23-11(2)20-16-10-19-15-5-4-12(9-18)8-14(15)17(16)23/h4-8,10H,3H2,1-2H3. The number of hydrogen-bond acceptors (Lipinski definition) is 4. The summed E-state index contributed by atoms with van der Waals surface area (Å²) in [5.74, 6) is 0.822. The molecule has 0 aliphatic rings. The number of aryl methyl sites for hydroxylation is 2. The Morgan fingerprint density at radius 2 is 2.09 bits per heavy atom. The first-order valence-corrected chi connectivity index (χ1v) is 7.44. The summed E-state index contributed by atoms with van der Waals surface area (Å²) < 4.78 is 1.96. The van der Waals surface area contributed by atoms with E-state index in [0.29, 0.717) is 5.56 Å². The lowest BCUT2D eigenvalue weighted by Crippen LogP contribution is -2.12. The monoisotopic (exact) mass is 302 g/mol. The van der Waals surface area contributed by atoms with Crippen LogP contribution in [0, 0.1) is 18.3 Å². The summed E-state index contributed by atoms with van der Waals surface area (Å²) in [5, 5.41) is 14.7. The molecule has 0 aliphatic heterocycles. The maximum Gasteiger partial charge on any atom is 0.128 e. The third-order valence-electron chi connectivity index (χ3n) is 3.95. The Labute approximate surface area is 132 Å². The van der Waals surface area contributed by atoms with Crippen LogP contribution in [-0.2, 0) is 6.42 Å². The molecular weight excluding hydrogens is 288 g/mol. The lowest BCUT2D eigenvalue weighted by Gasteiger charge is -2.08. The third kappa shape index (κ3) is 1.98. The van der Waals surface area contributed by atoms with Gasteiger partial charge in [-0.05, 0) is 37.6 Å². The van der Waals surface area contributed by atoms with E-state index in [-0.39, 0.29) is 0 Å². The van der Waals surface area contributed by atoms with Crippen LogP contribution in [0.4, 0.5) is 0 Å². The van der Waals surface area contributed by atoms with Gasteiger partial charge in [-0.15, -0.1) is 0 Å². The van der Waals surface area contributed by atoms with Gasteiger partial charge >= 0.3 is 0 Å². The van der Waals surface area contributed by atoms with Gasteiger partial charge in [0, 0.05) is 11.6 Å². The zero-order valence-electron chi connectivity index (χ0n) is 12.9. The molecule has 6 heteroatoms. The van der Waals surface area contributed by atoms with E-state index < -0.39 is 0 Å². The molecular formula is C17H14N6. The van der Waals surface area contributed by atoms with Crippen LogP contribution >= 0.6 is 0 Å². The topological polar surface area (TPSA) is 72.3 Å². The highest BCUT2D eigenvalue weighted by Crippen LogP contribution is 2.25. The molecule has 1 aromatic carbocycles. The van der Waals surface area contributed by atoms with E-state index in [0.717, 1.165) is 39.9 Å². The van der Waals surface area contributed by atoms with Gasteiger partial charge in [0.05, 0.1) is 29.0 Å². The molecule has 0 saturated heterocycles. The first-order valence-electron chi connectivity index (χ1n) is 7.44. The molecule has 3 heterocycles. The molecule has 0 unspecified atom stereocenters. The number of aromatic nitrogens is 5. The molecule has 0 radical (unpaired) electrons. The number of nitrogens with zero attached hydrogens (tertiary/aromatic N) is 6. The minimum absolute atomic E-state index is 0.604. The van der Waals surface area contributed by atoms with E-state index in [4.69, 9.17) is 0 Å². The molecule has 23 heavy (non-hydrogen) atoms. The number of rotatable bonds is 2. The molecule has 0 saturated carbocycles. The molecule has 0 N–H and O–H groups in total. The zero-order chi connectivity index (χ0) is 16.0. The van der Waals surface area contributed by atoms with Crippen LogP contribution in [0.25, 0.3) is 21.9 Å². The lowest BCUT2D eigenvalue weighted by atomic mass is 10.1. The van der Waals surface area contributed by atoms with Crippen molar-refractivity contribution in [3.8, 4) is 6.07 Å². The summed E-state index contributed by atoms with van der Waals surface area (Å²) in [6.07, 6.45) is 4.56. The van der Waals surface area contributed by atoms with E-state index in [1.54, 1.807) is 17.1 Å². The van der Waals surface area contributed by atoms with Crippen molar-refractivity contribution < 1.29 is 0 Å². The van der Waals surface area contributed by atoms with Crippen LogP contribution in [0.2, 0.25) is 0 Å². The van der Waals surface area contributed by atoms with Gasteiger partial charge in [0.25, 0.3) is 0 Å². The van der Waals surface area contributed by atoms with Crippen molar-refractivity contribution in [1.82, 2.24) is 24.5 Å². The predicted octanol–water partition coefficient (Wildman–Crippen LogP) is 2.83. The summed E-state index contributed by atoms with van der Waals surface area (Å²) in [4.78, 5) is 10.8. The maximum absolute atomic E-state index is 9.19. The smallest absolute Gasteiger partial charge is 0.128 e. The molecule has 0 amide bonds. The first-order chi connectivity index (χ1) is 11.2. The largest absolute Gasteiger partial charge is 0.254 e. The van der Waals surface area contributed by atoms with Crippen molar-refractivity contribution in [2.24, 2.45) is 0 Å². The molecule has 0 atom stereocenters. The second-order valence-electron chi connectivity index (χ2n) is 5.39. The molecule has 6 nitrogen and oxygen atoms in total. The van der Waals surface area contributed by atoms with E-state index >= 15 is 0 Å². The average Bonchev–Trinajstić information content (AvgIpc) is 3.17. The first kappa shape index (κ1) is 13.5. The van der Waals surface area contributed by atoms with Crippen molar-refractivity contribution >= 4 is 21.9 Å². The van der Waals surface area contributed by atoms with E-state index in [9.17, 15) is 5.26 Å². The Morgan fingerprint density at radius 1 is 1.22 bits per heavy atom. The summed E-state index contributed by atoms with van der Waals surface area (Å²) in [6, 6.07) is 9.67. The fourth-order valence-electron chi connectivity index (χ4n) is 2.83. The van der Waals surface area contributed by atoms with Crippen molar-refractivity contribution in [1.29, 1.82) is 5.26 Å². The maximum atomic E-state index is 9.19. The van der Waals surface area contributed by atoms with Gasteiger partial charge in [-0.2, -0.15) is 15.2 Å². The van der Waals surface area contributed by atoms with Crippen LogP contribution in [0.5, 0.6) is 0 Å². The highest BCUT2D eigenvalue weighted by molar-refractivity contribution is 6.02. The van der Waals surface area contributed by atoms with Crippen molar-refractivity contribution in [2.45, 2.75) is 20.3 Å². The fourth-order valence-corrected chi connectivity index (χ4v) is 2.83. The summed E-state index contributed by atoms with van der Waals surface area (Å²) in [5.41, 5.74) is 4.16. The minimum atomic E-state index is 0.604. The molecule has 4 aromatic rings. The molecule has 0 aliphatic carbocycles. The Hall–Kier alpha value is -3.20. The minimum Gasteiger partial charge on any atom is -0.254 e. The van der Waals surface area contributed by atoms with Crippen LogP contribution in [-0.4, -0.2) is 24.5 Å². The normalized spacial score (nSPS) is 11.2. The molecule has 112 valence electrons. The Bertz CT molecular complexity index is 1080. The Kier molecular flexibility index (Phi) is 2.88. The highest BCUT2D eigenvalue weighted by atomic mass is 15.6. The van der Waals surface area contributed by atoms with Crippen molar-refractivity contribution in [3.05, 3.63) is 53.7 Å². The molecule has 3 aromatic heterocycles. The summed E-state index contributed by atoms with van der Waals surface area (Å²) >= 11 is 0. The Morgan fingerprint density at radius 3 is 2.83 bits per heavy atom. The van der Waals surface area contributed by atoms with Gasteiger partial charge in [0.15, 0.2) is 0 Å². The second-order valence-corrected chi connectivity index (χ2v) is 5.39. The number of fused-ring (bicyclic) bond motifs is 3. The number of benzene rings is 1. The van der Waals surface area contributed by atoms with E-state index in [1.807, 2.05) is 36.0 Å². The van der Waals surface area contributed by atoms with E-state index in [2.05, 4.69) is 28.1 Å². The highest BCUT2D eigenvalue weighted by Gasteiger charge is 2.14. The zero-order valence-corrected chi connectivity index (χ0v) is 12.9. The van der Waals surface area contributed by atoms with Crippen LogP contribution in [0.3, 0.4) is 0 Å². The van der Waals surface area contributed by atoms with E-state index in [1.165, 1.54) is 0 Å². The summed E-state index contributed by atoms with van der Waals surface area (Å²) in [7, 11) is 0.